The summed E-state index contributed by atoms with van der Waals surface area (Å²) in [5, 5.41) is 1.27. The number of thioether (sulfide) groups is 1. The highest BCUT2D eigenvalue weighted by Gasteiger charge is 2.21. The molecular weight excluding hydrogens is 194 g/mol. The second kappa shape index (κ2) is 4.64. The number of nitrogens with zero attached hydrogens (tertiary/aromatic N) is 3. The minimum Gasteiger partial charge on any atom is -0.304 e. The van der Waals surface area contributed by atoms with E-state index < -0.39 is 0 Å². The average molecular weight is 213 g/mol. The van der Waals surface area contributed by atoms with Gasteiger partial charge in [-0.05, 0) is 14.0 Å². The zero-order chi connectivity index (χ0) is 9.97. The van der Waals surface area contributed by atoms with Crippen LogP contribution in [0.15, 0.2) is 4.99 Å². The van der Waals surface area contributed by atoms with Crippen LogP contribution in [0.5, 0.6) is 0 Å². The first-order valence-corrected chi connectivity index (χ1v) is 6.31. The predicted octanol–water partition coefficient (Wildman–Crippen LogP) is 0.768. The zero-order valence-electron chi connectivity index (χ0n) is 9.07. The molecule has 3 nitrogen and oxygen atoms in total. The van der Waals surface area contributed by atoms with Gasteiger partial charge in [0.25, 0.3) is 0 Å². The van der Waals surface area contributed by atoms with E-state index in [1.165, 1.54) is 37.0 Å². The Morgan fingerprint density at radius 2 is 2.07 bits per heavy atom. The number of hydrogen-bond donors (Lipinski definition) is 0. The third-order valence-corrected chi connectivity index (χ3v) is 3.99. The fraction of sp³-hybridized carbons (Fsp3) is 0.900. The van der Waals surface area contributed by atoms with Gasteiger partial charge in [-0.25, -0.2) is 0 Å². The molecular formula is C10H19N3S. The van der Waals surface area contributed by atoms with Crippen LogP contribution in [0.1, 0.15) is 6.92 Å². The van der Waals surface area contributed by atoms with Gasteiger partial charge < -0.3 is 4.90 Å². The van der Waals surface area contributed by atoms with Crippen molar-refractivity contribution in [3.05, 3.63) is 0 Å². The van der Waals surface area contributed by atoms with Crippen molar-refractivity contribution in [3.8, 4) is 0 Å². The fourth-order valence-electron chi connectivity index (χ4n) is 1.97. The SMILES string of the molecule is CC1=NC(CN2CCN(C)CC2)CS1. The molecule has 0 aromatic rings. The van der Waals surface area contributed by atoms with E-state index in [1.807, 2.05) is 11.8 Å². The van der Waals surface area contributed by atoms with Crippen molar-refractivity contribution in [2.24, 2.45) is 4.99 Å². The van der Waals surface area contributed by atoms with Crippen LogP contribution in [0.2, 0.25) is 0 Å². The molecule has 0 bridgehead atoms. The van der Waals surface area contributed by atoms with Crippen LogP contribution in [-0.2, 0) is 0 Å². The summed E-state index contributed by atoms with van der Waals surface area (Å²) in [5.41, 5.74) is 0. The summed E-state index contributed by atoms with van der Waals surface area (Å²) in [5.74, 6) is 1.19. The summed E-state index contributed by atoms with van der Waals surface area (Å²) in [6.07, 6.45) is 0. The third-order valence-electron chi connectivity index (χ3n) is 2.91. The molecule has 0 amide bonds. The molecule has 1 saturated heterocycles. The molecule has 0 saturated carbocycles. The van der Waals surface area contributed by atoms with Crippen LogP contribution in [0, 0.1) is 0 Å². The highest BCUT2D eigenvalue weighted by molar-refractivity contribution is 8.14. The Hall–Kier alpha value is -0.0600. The van der Waals surface area contributed by atoms with Gasteiger partial charge in [0.2, 0.25) is 0 Å². The van der Waals surface area contributed by atoms with Gasteiger partial charge in [-0.15, -0.1) is 11.8 Å². The number of likely N-dealkylation sites (N-methyl/N-ethyl adjacent to an activating group) is 1. The molecule has 1 atom stereocenters. The Morgan fingerprint density at radius 3 is 2.64 bits per heavy atom. The van der Waals surface area contributed by atoms with Crippen molar-refractivity contribution in [1.82, 2.24) is 9.80 Å². The lowest BCUT2D eigenvalue weighted by atomic mass is 10.2. The Labute approximate surface area is 90.6 Å². The van der Waals surface area contributed by atoms with Crippen molar-refractivity contribution in [2.45, 2.75) is 13.0 Å². The van der Waals surface area contributed by atoms with E-state index in [4.69, 9.17) is 0 Å². The number of piperazine rings is 1. The van der Waals surface area contributed by atoms with Crippen molar-refractivity contribution in [2.75, 3.05) is 45.5 Å². The lowest BCUT2D eigenvalue weighted by Crippen LogP contribution is -2.46. The van der Waals surface area contributed by atoms with E-state index in [0.717, 1.165) is 6.54 Å². The summed E-state index contributed by atoms with van der Waals surface area (Å²) in [6.45, 7) is 8.14. The topological polar surface area (TPSA) is 18.8 Å². The fourth-order valence-corrected chi connectivity index (χ4v) is 2.81. The average Bonchev–Trinajstić information content (AvgIpc) is 2.56. The lowest BCUT2D eigenvalue weighted by Gasteiger charge is -2.33. The summed E-state index contributed by atoms with van der Waals surface area (Å²) in [6, 6.07) is 0.559. The van der Waals surface area contributed by atoms with E-state index in [2.05, 4.69) is 28.8 Å². The van der Waals surface area contributed by atoms with Gasteiger partial charge in [0.05, 0.1) is 11.1 Å². The molecule has 0 aromatic carbocycles. The Balaban J connectivity index is 1.75. The van der Waals surface area contributed by atoms with E-state index >= 15 is 0 Å². The molecule has 14 heavy (non-hydrogen) atoms. The molecule has 0 N–H and O–H groups in total. The number of hydrogen-bond acceptors (Lipinski definition) is 4. The standard InChI is InChI=1S/C10H19N3S/c1-9-11-10(8-14-9)7-13-5-3-12(2)4-6-13/h10H,3-8H2,1-2H3. The molecule has 4 heteroatoms. The zero-order valence-corrected chi connectivity index (χ0v) is 9.89. The second-order valence-electron chi connectivity index (χ2n) is 4.22. The van der Waals surface area contributed by atoms with Crippen LogP contribution in [0.4, 0.5) is 0 Å². The molecule has 2 aliphatic heterocycles. The summed E-state index contributed by atoms with van der Waals surface area (Å²) in [7, 11) is 2.20. The molecule has 0 aliphatic carbocycles. The van der Waals surface area contributed by atoms with Gasteiger partial charge in [0.1, 0.15) is 0 Å². The molecule has 80 valence electrons. The van der Waals surface area contributed by atoms with Crippen molar-refractivity contribution < 1.29 is 0 Å². The van der Waals surface area contributed by atoms with Gasteiger partial charge in [-0.2, -0.15) is 0 Å². The van der Waals surface area contributed by atoms with Gasteiger partial charge in [-0.3, -0.25) is 9.89 Å². The van der Waals surface area contributed by atoms with Gasteiger partial charge >= 0.3 is 0 Å². The minimum atomic E-state index is 0.559. The second-order valence-corrected chi connectivity index (χ2v) is 5.43. The largest absolute Gasteiger partial charge is 0.304 e. The first-order chi connectivity index (χ1) is 6.74. The maximum atomic E-state index is 4.63. The van der Waals surface area contributed by atoms with Gasteiger partial charge in [0.15, 0.2) is 0 Å². The van der Waals surface area contributed by atoms with Crippen LogP contribution in [0.25, 0.3) is 0 Å². The summed E-state index contributed by atoms with van der Waals surface area (Å²) >= 11 is 1.91. The van der Waals surface area contributed by atoms with Crippen molar-refractivity contribution >= 4 is 16.8 Å². The third kappa shape index (κ3) is 2.72. The van der Waals surface area contributed by atoms with Crippen molar-refractivity contribution in [3.63, 3.8) is 0 Å². The molecule has 1 fully saturated rings. The highest BCUT2D eigenvalue weighted by atomic mass is 32.2. The van der Waals surface area contributed by atoms with Crippen LogP contribution in [0.3, 0.4) is 0 Å². The van der Waals surface area contributed by atoms with Crippen LogP contribution < -0.4 is 0 Å². The minimum absolute atomic E-state index is 0.559. The highest BCUT2D eigenvalue weighted by Crippen LogP contribution is 2.18. The van der Waals surface area contributed by atoms with Crippen LogP contribution >= 0.6 is 11.8 Å². The number of rotatable bonds is 2. The monoisotopic (exact) mass is 213 g/mol. The first kappa shape index (κ1) is 10.5. The Kier molecular flexibility index (Phi) is 3.47. The molecule has 2 aliphatic rings. The summed E-state index contributed by atoms with van der Waals surface area (Å²) < 4.78 is 0. The van der Waals surface area contributed by atoms with Gasteiger partial charge in [-0.1, -0.05) is 0 Å². The quantitative estimate of drug-likeness (QED) is 0.675. The van der Waals surface area contributed by atoms with E-state index in [-0.39, 0.29) is 0 Å². The van der Waals surface area contributed by atoms with E-state index in [9.17, 15) is 0 Å². The Morgan fingerprint density at radius 1 is 1.36 bits per heavy atom. The van der Waals surface area contributed by atoms with Gasteiger partial charge in [0, 0.05) is 38.5 Å². The Bertz CT molecular complexity index is 221. The van der Waals surface area contributed by atoms with Crippen LogP contribution in [-0.4, -0.2) is 66.4 Å². The van der Waals surface area contributed by atoms with E-state index in [0.29, 0.717) is 6.04 Å². The van der Waals surface area contributed by atoms with Crippen molar-refractivity contribution in [1.29, 1.82) is 0 Å². The molecule has 0 spiro atoms. The predicted molar refractivity (Wildman–Crippen MR) is 63.3 cm³/mol. The molecule has 0 radical (unpaired) electrons. The normalized spacial score (nSPS) is 30.7. The molecule has 1 unspecified atom stereocenters. The van der Waals surface area contributed by atoms with E-state index in [1.54, 1.807) is 0 Å². The lowest BCUT2D eigenvalue weighted by molar-refractivity contribution is 0.150. The summed E-state index contributed by atoms with van der Waals surface area (Å²) in [4.78, 5) is 9.57. The molecule has 0 aromatic heterocycles. The smallest absolute Gasteiger partial charge is 0.0730 e. The number of aliphatic imine (C=N–C) groups is 1. The molecule has 2 heterocycles. The molecule has 2 rings (SSSR count). The maximum absolute atomic E-state index is 4.63. The first-order valence-electron chi connectivity index (χ1n) is 5.32. The maximum Gasteiger partial charge on any atom is 0.0730 e.